The van der Waals surface area contributed by atoms with Crippen LogP contribution in [0.3, 0.4) is 0 Å². The molecule has 19 heavy (non-hydrogen) atoms. The molecule has 1 atom stereocenters. The topological polar surface area (TPSA) is 86.6 Å². The third-order valence-electron chi connectivity index (χ3n) is 2.85. The normalized spacial score (nSPS) is 11.9. The van der Waals surface area contributed by atoms with Gasteiger partial charge in [0.15, 0.2) is 0 Å². The summed E-state index contributed by atoms with van der Waals surface area (Å²) < 4.78 is 0. The van der Waals surface area contributed by atoms with Crippen molar-refractivity contribution in [1.82, 2.24) is 5.32 Å². The van der Waals surface area contributed by atoms with E-state index in [0.717, 1.165) is 12.8 Å². The van der Waals surface area contributed by atoms with Gasteiger partial charge in [0, 0.05) is 5.56 Å². The summed E-state index contributed by atoms with van der Waals surface area (Å²) in [6, 6.07) is 5.55. The number of carboxylic acid groups (broad SMARTS) is 1. The molecule has 0 spiro atoms. The fourth-order valence-corrected chi connectivity index (χ4v) is 1.67. The average Bonchev–Trinajstić information content (AvgIpc) is 2.43. The van der Waals surface area contributed by atoms with Crippen molar-refractivity contribution in [1.29, 1.82) is 0 Å². The number of hydrogen-bond acceptors (Lipinski definition) is 3. The van der Waals surface area contributed by atoms with Crippen molar-refractivity contribution < 1.29 is 19.8 Å². The molecule has 5 nitrogen and oxygen atoms in total. The number of aliphatic hydroxyl groups is 1. The predicted molar refractivity (Wildman–Crippen MR) is 70.8 cm³/mol. The second-order valence-corrected chi connectivity index (χ2v) is 4.36. The van der Waals surface area contributed by atoms with Gasteiger partial charge >= 0.3 is 5.97 Å². The van der Waals surface area contributed by atoms with Crippen molar-refractivity contribution in [3.8, 4) is 0 Å². The van der Waals surface area contributed by atoms with Crippen molar-refractivity contribution in [2.75, 3.05) is 0 Å². The summed E-state index contributed by atoms with van der Waals surface area (Å²) in [6.07, 6.45) is 2.05. The number of amides is 1. The summed E-state index contributed by atoms with van der Waals surface area (Å²) in [5.74, 6) is -1.43. The molecular weight excluding hydrogens is 246 g/mol. The summed E-state index contributed by atoms with van der Waals surface area (Å²) in [4.78, 5) is 22.9. The number of aliphatic carboxylic acids is 1. The Kier molecular flexibility index (Phi) is 6.02. The van der Waals surface area contributed by atoms with Crippen LogP contribution in [0.4, 0.5) is 0 Å². The summed E-state index contributed by atoms with van der Waals surface area (Å²) >= 11 is 0. The minimum Gasteiger partial charge on any atom is -0.480 e. The lowest BCUT2D eigenvalue weighted by Crippen LogP contribution is -2.40. The number of benzene rings is 1. The number of nitrogens with one attached hydrogen (secondary N) is 1. The first kappa shape index (κ1) is 15.2. The zero-order valence-corrected chi connectivity index (χ0v) is 10.9. The van der Waals surface area contributed by atoms with Crippen LogP contribution < -0.4 is 5.32 Å². The van der Waals surface area contributed by atoms with E-state index in [1.165, 1.54) is 0 Å². The molecule has 3 N–H and O–H groups in total. The molecule has 0 saturated heterocycles. The van der Waals surface area contributed by atoms with E-state index in [-0.39, 0.29) is 6.61 Å². The number of rotatable bonds is 7. The molecule has 1 amide bonds. The van der Waals surface area contributed by atoms with Gasteiger partial charge in [-0.1, -0.05) is 31.9 Å². The van der Waals surface area contributed by atoms with E-state index in [1.807, 2.05) is 6.92 Å². The van der Waals surface area contributed by atoms with E-state index in [2.05, 4.69) is 5.32 Å². The molecule has 0 aliphatic heterocycles. The molecule has 0 aliphatic carbocycles. The quantitative estimate of drug-likeness (QED) is 0.698. The van der Waals surface area contributed by atoms with E-state index < -0.39 is 17.9 Å². The second kappa shape index (κ2) is 7.53. The Bertz CT molecular complexity index is 428. The van der Waals surface area contributed by atoms with Gasteiger partial charge in [0.2, 0.25) is 0 Å². The minimum atomic E-state index is -1.02. The van der Waals surface area contributed by atoms with Gasteiger partial charge in [0.25, 0.3) is 5.91 Å². The Morgan fingerprint density at radius 2 is 1.89 bits per heavy atom. The molecule has 0 fully saturated rings. The molecule has 1 rings (SSSR count). The highest BCUT2D eigenvalue weighted by Gasteiger charge is 2.19. The fraction of sp³-hybridized carbons (Fsp3) is 0.429. The van der Waals surface area contributed by atoms with Crippen LogP contribution in [0.2, 0.25) is 0 Å². The molecule has 104 valence electrons. The van der Waals surface area contributed by atoms with E-state index in [4.69, 9.17) is 10.2 Å². The van der Waals surface area contributed by atoms with Gasteiger partial charge < -0.3 is 15.5 Å². The van der Waals surface area contributed by atoms with Gasteiger partial charge in [-0.3, -0.25) is 4.79 Å². The van der Waals surface area contributed by atoms with Crippen LogP contribution in [0, 0.1) is 0 Å². The number of carboxylic acids is 1. The van der Waals surface area contributed by atoms with Crippen LogP contribution in [-0.2, 0) is 11.4 Å². The van der Waals surface area contributed by atoms with Gasteiger partial charge in [-0.25, -0.2) is 4.79 Å². The molecule has 0 bridgehead atoms. The van der Waals surface area contributed by atoms with Gasteiger partial charge in [-0.2, -0.15) is 0 Å². The standard InChI is InChI=1S/C14H19NO4/c1-2-3-4-12(14(18)19)15-13(17)11-7-5-10(9-16)6-8-11/h5-8,12,16H,2-4,9H2,1H3,(H,15,17)(H,18,19). The minimum absolute atomic E-state index is 0.0872. The lowest BCUT2D eigenvalue weighted by molar-refractivity contribution is -0.139. The molecule has 5 heteroatoms. The largest absolute Gasteiger partial charge is 0.480 e. The summed E-state index contributed by atoms with van der Waals surface area (Å²) in [5, 5.41) is 20.4. The van der Waals surface area contributed by atoms with Gasteiger partial charge in [0.1, 0.15) is 6.04 Å². The van der Waals surface area contributed by atoms with Crippen molar-refractivity contribution in [3.05, 3.63) is 35.4 Å². The Labute approximate surface area is 112 Å². The van der Waals surface area contributed by atoms with Crippen molar-refractivity contribution in [3.63, 3.8) is 0 Å². The molecule has 0 saturated carbocycles. The molecule has 0 aliphatic rings. The van der Waals surface area contributed by atoms with Crippen LogP contribution in [-0.4, -0.2) is 28.1 Å². The van der Waals surface area contributed by atoms with Crippen LogP contribution in [0.15, 0.2) is 24.3 Å². The lowest BCUT2D eigenvalue weighted by Gasteiger charge is -2.14. The van der Waals surface area contributed by atoms with Crippen LogP contribution in [0.1, 0.15) is 42.1 Å². The molecular formula is C14H19NO4. The van der Waals surface area contributed by atoms with Gasteiger partial charge in [-0.15, -0.1) is 0 Å². The number of unbranched alkanes of at least 4 members (excludes halogenated alkanes) is 1. The third kappa shape index (κ3) is 4.71. The van der Waals surface area contributed by atoms with Crippen molar-refractivity contribution in [2.45, 2.75) is 38.8 Å². The zero-order valence-electron chi connectivity index (χ0n) is 10.9. The first-order chi connectivity index (χ1) is 9.08. The van der Waals surface area contributed by atoms with E-state index in [0.29, 0.717) is 17.5 Å². The number of carbonyl (C=O) groups excluding carboxylic acids is 1. The summed E-state index contributed by atoms with van der Waals surface area (Å²) in [5.41, 5.74) is 1.09. The molecule has 0 radical (unpaired) electrons. The SMILES string of the molecule is CCCCC(NC(=O)c1ccc(CO)cc1)C(=O)O. The van der Waals surface area contributed by atoms with Gasteiger partial charge in [0.05, 0.1) is 6.61 Å². The van der Waals surface area contributed by atoms with E-state index >= 15 is 0 Å². The highest BCUT2D eigenvalue weighted by molar-refractivity contribution is 5.96. The Hall–Kier alpha value is -1.88. The molecule has 1 unspecified atom stereocenters. The first-order valence-electron chi connectivity index (χ1n) is 6.32. The third-order valence-corrected chi connectivity index (χ3v) is 2.85. The smallest absolute Gasteiger partial charge is 0.326 e. The number of hydrogen-bond donors (Lipinski definition) is 3. The van der Waals surface area contributed by atoms with Crippen molar-refractivity contribution in [2.24, 2.45) is 0 Å². The maximum atomic E-state index is 11.9. The monoisotopic (exact) mass is 265 g/mol. The summed E-state index contributed by atoms with van der Waals surface area (Å²) in [6.45, 7) is 1.88. The van der Waals surface area contributed by atoms with Crippen molar-refractivity contribution >= 4 is 11.9 Å². The second-order valence-electron chi connectivity index (χ2n) is 4.36. The maximum absolute atomic E-state index is 11.9. The fourth-order valence-electron chi connectivity index (χ4n) is 1.67. The highest BCUT2D eigenvalue weighted by Crippen LogP contribution is 2.06. The molecule has 1 aromatic rings. The lowest BCUT2D eigenvalue weighted by atomic mass is 10.1. The predicted octanol–water partition coefficient (Wildman–Crippen LogP) is 1.55. The Morgan fingerprint density at radius 3 is 2.37 bits per heavy atom. The van der Waals surface area contributed by atoms with Crippen LogP contribution in [0.25, 0.3) is 0 Å². The Morgan fingerprint density at radius 1 is 1.26 bits per heavy atom. The Balaban J connectivity index is 2.67. The van der Waals surface area contributed by atoms with Crippen LogP contribution >= 0.6 is 0 Å². The van der Waals surface area contributed by atoms with E-state index in [9.17, 15) is 9.59 Å². The molecule has 0 aromatic heterocycles. The maximum Gasteiger partial charge on any atom is 0.326 e. The summed E-state index contributed by atoms with van der Waals surface area (Å²) in [7, 11) is 0. The number of aliphatic hydroxyl groups excluding tert-OH is 1. The first-order valence-corrected chi connectivity index (χ1v) is 6.32. The average molecular weight is 265 g/mol. The highest BCUT2D eigenvalue weighted by atomic mass is 16.4. The number of carbonyl (C=O) groups is 2. The van der Waals surface area contributed by atoms with E-state index in [1.54, 1.807) is 24.3 Å². The zero-order chi connectivity index (χ0) is 14.3. The van der Waals surface area contributed by atoms with Crippen LogP contribution in [0.5, 0.6) is 0 Å². The van der Waals surface area contributed by atoms with Gasteiger partial charge in [-0.05, 0) is 24.1 Å². The molecule has 1 aromatic carbocycles. The molecule has 0 heterocycles.